The fourth-order valence-corrected chi connectivity index (χ4v) is 1.25. The van der Waals surface area contributed by atoms with Gasteiger partial charge in [-0.15, -0.1) is 0 Å². The summed E-state index contributed by atoms with van der Waals surface area (Å²) in [5.41, 5.74) is 0.175. The first-order valence-corrected chi connectivity index (χ1v) is 3.43. The van der Waals surface area contributed by atoms with Crippen LogP contribution in [0.1, 0.15) is 13.8 Å². The summed E-state index contributed by atoms with van der Waals surface area (Å²) in [7, 11) is 0. The average molecular weight is 131 g/mol. The van der Waals surface area contributed by atoms with E-state index in [0.717, 1.165) is 13.1 Å². The molecular weight excluding hydrogens is 117 g/mol. The van der Waals surface area contributed by atoms with Crippen LogP contribution in [0.4, 0.5) is 4.39 Å². The van der Waals surface area contributed by atoms with Crippen LogP contribution in [0.15, 0.2) is 0 Å². The van der Waals surface area contributed by atoms with Crippen molar-refractivity contribution in [3.63, 3.8) is 0 Å². The van der Waals surface area contributed by atoms with Crippen LogP contribution in [0, 0.1) is 11.3 Å². The van der Waals surface area contributed by atoms with Crippen molar-refractivity contribution in [2.45, 2.75) is 13.8 Å². The average Bonchev–Trinajstić information content (AvgIpc) is 2.08. The molecule has 54 valence electrons. The molecule has 0 aromatic rings. The van der Waals surface area contributed by atoms with Gasteiger partial charge in [0.1, 0.15) is 0 Å². The minimum atomic E-state index is -0.181. The Bertz CT molecular complexity index is 101. The van der Waals surface area contributed by atoms with Crippen LogP contribution in [0.5, 0.6) is 0 Å². The van der Waals surface area contributed by atoms with Crippen LogP contribution in [0.3, 0.4) is 0 Å². The Balaban J connectivity index is 2.52. The first kappa shape index (κ1) is 7.00. The van der Waals surface area contributed by atoms with Gasteiger partial charge in [0.05, 0.1) is 6.67 Å². The third kappa shape index (κ3) is 1.23. The van der Waals surface area contributed by atoms with Gasteiger partial charge in [0.25, 0.3) is 0 Å². The van der Waals surface area contributed by atoms with Gasteiger partial charge in [0.15, 0.2) is 0 Å². The van der Waals surface area contributed by atoms with E-state index in [1.165, 1.54) is 0 Å². The Hall–Kier alpha value is -0.110. The summed E-state index contributed by atoms with van der Waals surface area (Å²) < 4.78 is 12.2. The second-order valence-corrected chi connectivity index (χ2v) is 3.47. The molecule has 0 amide bonds. The third-order valence-corrected chi connectivity index (χ3v) is 2.26. The molecule has 1 nitrogen and oxygen atoms in total. The summed E-state index contributed by atoms with van der Waals surface area (Å²) in [6.07, 6.45) is 0. The van der Waals surface area contributed by atoms with Gasteiger partial charge in [-0.2, -0.15) is 0 Å². The molecule has 1 unspecified atom stereocenters. The van der Waals surface area contributed by atoms with Gasteiger partial charge in [-0.05, 0) is 5.41 Å². The Morgan fingerprint density at radius 2 is 2.33 bits per heavy atom. The standard InChI is InChI=1S/C7H14FN/c1-7(2)5-9-4-6(7)3-8/h6,9H,3-5H2,1-2H3. The van der Waals surface area contributed by atoms with Crippen molar-refractivity contribution >= 4 is 0 Å². The molecule has 1 heterocycles. The van der Waals surface area contributed by atoms with Crippen LogP contribution in [-0.4, -0.2) is 19.8 Å². The van der Waals surface area contributed by atoms with Crippen LogP contribution in [0.2, 0.25) is 0 Å². The molecular formula is C7H14FN. The number of halogens is 1. The first-order valence-electron chi connectivity index (χ1n) is 3.43. The lowest BCUT2D eigenvalue weighted by molar-refractivity contribution is 0.232. The van der Waals surface area contributed by atoms with Crippen molar-refractivity contribution in [2.75, 3.05) is 19.8 Å². The van der Waals surface area contributed by atoms with E-state index in [1.807, 2.05) is 0 Å². The topological polar surface area (TPSA) is 12.0 Å². The Labute approximate surface area is 55.6 Å². The van der Waals surface area contributed by atoms with Gasteiger partial charge in [-0.3, -0.25) is 4.39 Å². The second-order valence-electron chi connectivity index (χ2n) is 3.47. The maximum Gasteiger partial charge on any atom is 0.0940 e. The van der Waals surface area contributed by atoms with Crippen LogP contribution in [-0.2, 0) is 0 Å². The number of nitrogens with one attached hydrogen (secondary N) is 1. The SMILES string of the molecule is CC1(C)CNCC1CF. The van der Waals surface area contributed by atoms with Crippen molar-refractivity contribution in [3.8, 4) is 0 Å². The van der Waals surface area contributed by atoms with Crippen molar-refractivity contribution in [2.24, 2.45) is 11.3 Å². The molecule has 0 bridgehead atoms. The van der Waals surface area contributed by atoms with E-state index >= 15 is 0 Å². The number of hydrogen-bond acceptors (Lipinski definition) is 1. The van der Waals surface area contributed by atoms with E-state index in [2.05, 4.69) is 19.2 Å². The van der Waals surface area contributed by atoms with Crippen LogP contribution in [0.25, 0.3) is 0 Å². The Morgan fingerprint density at radius 1 is 1.67 bits per heavy atom. The number of rotatable bonds is 1. The molecule has 2 heteroatoms. The predicted molar refractivity (Wildman–Crippen MR) is 36.1 cm³/mol. The quantitative estimate of drug-likeness (QED) is 0.564. The minimum Gasteiger partial charge on any atom is -0.316 e. The van der Waals surface area contributed by atoms with Gasteiger partial charge < -0.3 is 5.32 Å². The summed E-state index contributed by atoms with van der Waals surface area (Å²) in [6, 6.07) is 0. The molecule has 0 saturated carbocycles. The highest BCUT2D eigenvalue weighted by atomic mass is 19.1. The molecule has 0 aliphatic carbocycles. The molecule has 1 saturated heterocycles. The van der Waals surface area contributed by atoms with Crippen LogP contribution >= 0.6 is 0 Å². The molecule has 1 rings (SSSR count). The van der Waals surface area contributed by atoms with E-state index in [-0.39, 0.29) is 18.0 Å². The fourth-order valence-electron chi connectivity index (χ4n) is 1.25. The first-order chi connectivity index (χ1) is 4.17. The van der Waals surface area contributed by atoms with Crippen molar-refractivity contribution in [1.82, 2.24) is 5.32 Å². The highest BCUT2D eigenvalue weighted by Crippen LogP contribution is 2.29. The largest absolute Gasteiger partial charge is 0.316 e. The van der Waals surface area contributed by atoms with Crippen molar-refractivity contribution in [1.29, 1.82) is 0 Å². The highest BCUT2D eigenvalue weighted by molar-refractivity contribution is 4.87. The maximum atomic E-state index is 12.2. The van der Waals surface area contributed by atoms with E-state index in [9.17, 15) is 4.39 Å². The minimum absolute atomic E-state index is 0.175. The Kier molecular flexibility index (Phi) is 1.75. The summed E-state index contributed by atoms with van der Waals surface area (Å²) >= 11 is 0. The summed E-state index contributed by atoms with van der Waals surface area (Å²) in [6.45, 7) is 5.85. The molecule has 0 aromatic heterocycles. The predicted octanol–water partition coefficient (Wildman–Crippen LogP) is 1.20. The number of alkyl halides is 1. The molecule has 0 aromatic carbocycles. The van der Waals surface area contributed by atoms with Gasteiger partial charge in [0.2, 0.25) is 0 Å². The van der Waals surface area contributed by atoms with E-state index in [4.69, 9.17) is 0 Å². The lowest BCUT2D eigenvalue weighted by Gasteiger charge is -2.22. The maximum absolute atomic E-state index is 12.2. The van der Waals surface area contributed by atoms with Crippen LogP contribution < -0.4 is 5.32 Å². The Morgan fingerprint density at radius 3 is 2.56 bits per heavy atom. The summed E-state index contributed by atoms with van der Waals surface area (Å²) in [5, 5.41) is 3.17. The van der Waals surface area contributed by atoms with Gasteiger partial charge >= 0.3 is 0 Å². The molecule has 0 spiro atoms. The smallest absolute Gasteiger partial charge is 0.0940 e. The third-order valence-electron chi connectivity index (χ3n) is 2.26. The van der Waals surface area contributed by atoms with Crippen molar-refractivity contribution < 1.29 is 4.39 Å². The summed E-state index contributed by atoms with van der Waals surface area (Å²) in [4.78, 5) is 0. The monoisotopic (exact) mass is 131 g/mol. The molecule has 1 N–H and O–H groups in total. The molecule has 1 aliphatic rings. The molecule has 1 aliphatic heterocycles. The fraction of sp³-hybridized carbons (Fsp3) is 1.00. The lowest BCUT2D eigenvalue weighted by Crippen LogP contribution is -2.23. The zero-order chi connectivity index (χ0) is 6.91. The van der Waals surface area contributed by atoms with E-state index < -0.39 is 0 Å². The van der Waals surface area contributed by atoms with Crippen molar-refractivity contribution in [3.05, 3.63) is 0 Å². The molecule has 9 heavy (non-hydrogen) atoms. The van der Waals surface area contributed by atoms with Gasteiger partial charge in [0, 0.05) is 19.0 Å². The molecule has 1 fully saturated rings. The second kappa shape index (κ2) is 2.25. The van der Waals surface area contributed by atoms with Gasteiger partial charge in [-0.25, -0.2) is 0 Å². The van der Waals surface area contributed by atoms with E-state index in [0.29, 0.717) is 0 Å². The normalized spacial score (nSPS) is 33.0. The number of hydrogen-bond donors (Lipinski definition) is 1. The van der Waals surface area contributed by atoms with E-state index in [1.54, 1.807) is 0 Å². The lowest BCUT2D eigenvalue weighted by atomic mass is 9.83. The zero-order valence-corrected chi connectivity index (χ0v) is 6.08. The van der Waals surface area contributed by atoms with Gasteiger partial charge in [-0.1, -0.05) is 13.8 Å². The molecule has 0 radical (unpaired) electrons. The zero-order valence-electron chi connectivity index (χ0n) is 6.08. The summed E-state index contributed by atoms with van der Waals surface area (Å²) in [5.74, 6) is 0.234. The highest BCUT2D eigenvalue weighted by Gasteiger charge is 2.33. The molecule has 1 atom stereocenters.